The molecular weight excluding hydrogens is 172 g/mol. The molecule has 0 bridgehead atoms. The predicted molar refractivity (Wildman–Crippen MR) is 50.3 cm³/mol. The molecule has 0 aliphatic heterocycles. The average Bonchev–Trinajstić information content (AvgIpc) is 2.83. The van der Waals surface area contributed by atoms with Gasteiger partial charge in [-0.2, -0.15) is 0 Å². The van der Waals surface area contributed by atoms with Gasteiger partial charge in [0.2, 0.25) is 0 Å². The van der Waals surface area contributed by atoms with Crippen LogP contribution in [0.15, 0.2) is 18.6 Å². The molecule has 1 aliphatic rings. The van der Waals surface area contributed by atoms with E-state index in [9.17, 15) is 0 Å². The van der Waals surface area contributed by atoms with E-state index in [-0.39, 0.29) is 0 Å². The first-order chi connectivity index (χ1) is 5.92. The summed E-state index contributed by atoms with van der Waals surface area (Å²) in [7, 11) is 0. The highest BCUT2D eigenvalue weighted by Crippen LogP contribution is 2.35. The van der Waals surface area contributed by atoms with E-state index < -0.39 is 0 Å². The van der Waals surface area contributed by atoms with Crippen molar-refractivity contribution in [1.29, 1.82) is 0 Å². The maximum atomic E-state index is 5.55. The molecule has 0 saturated heterocycles. The second kappa shape index (κ2) is 3.31. The molecule has 1 aromatic rings. The maximum absolute atomic E-state index is 5.55. The van der Waals surface area contributed by atoms with Crippen LogP contribution in [0.5, 0.6) is 0 Å². The molecule has 0 spiro atoms. The normalized spacial score (nSPS) is 17.4. The molecule has 1 aliphatic carbocycles. The molecule has 0 unspecified atom stereocenters. The van der Waals surface area contributed by atoms with Crippen molar-refractivity contribution in [3.63, 3.8) is 0 Å². The molecule has 1 saturated carbocycles. The monoisotopic (exact) mass is 182 g/mol. The first-order valence-corrected chi connectivity index (χ1v) is 4.69. The van der Waals surface area contributed by atoms with Gasteiger partial charge in [-0.1, -0.05) is 6.08 Å². The molecule has 2 rings (SSSR count). The van der Waals surface area contributed by atoms with Crippen LogP contribution in [0, 0.1) is 0 Å². The Hall–Kier alpha value is -0.760. The smallest absolute Gasteiger partial charge is 0.0953 e. The Balaban J connectivity index is 2.18. The van der Waals surface area contributed by atoms with E-state index in [0.717, 1.165) is 5.69 Å². The van der Waals surface area contributed by atoms with E-state index in [1.807, 2.05) is 24.7 Å². The fourth-order valence-corrected chi connectivity index (χ4v) is 1.36. The third-order valence-electron chi connectivity index (χ3n) is 2.01. The maximum Gasteiger partial charge on any atom is 0.0953 e. The first kappa shape index (κ1) is 7.87. The Morgan fingerprint density at radius 3 is 3.17 bits per heavy atom. The largest absolute Gasteiger partial charge is 0.328 e. The highest BCUT2D eigenvalue weighted by Gasteiger charge is 2.24. The van der Waals surface area contributed by atoms with Crippen molar-refractivity contribution in [2.75, 3.05) is 5.88 Å². The summed E-state index contributed by atoms with van der Waals surface area (Å²) in [5, 5.41) is 0. The molecule has 0 amide bonds. The van der Waals surface area contributed by atoms with E-state index >= 15 is 0 Å². The molecule has 1 heterocycles. The van der Waals surface area contributed by atoms with Gasteiger partial charge >= 0.3 is 0 Å². The average molecular weight is 183 g/mol. The minimum atomic E-state index is 0.565. The van der Waals surface area contributed by atoms with Crippen molar-refractivity contribution < 1.29 is 0 Å². The summed E-state index contributed by atoms with van der Waals surface area (Å²) in [5.74, 6) is 0.565. The van der Waals surface area contributed by atoms with E-state index in [1.54, 1.807) is 0 Å². The fraction of sp³-hybridized carbons (Fsp3) is 0.444. The number of nitrogens with zero attached hydrogens (tertiary/aromatic N) is 2. The summed E-state index contributed by atoms with van der Waals surface area (Å²) in [6.07, 6.45) is 10.3. The van der Waals surface area contributed by atoms with Crippen LogP contribution in [-0.4, -0.2) is 15.4 Å². The van der Waals surface area contributed by atoms with Crippen LogP contribution in [-0.2, 0) is 0 Å². The first-order valence-electron chi connectivity index (χ1n) is 4.16. The summed E-state index contributed by atoms with van der Waals surface area (Å²) < 4.78 is 2.21. The number of rotatable bonds is 3. The van der Waals surface area contributed by atoms with E-state index in [1.165, 1.54) is 12.8 Å². The molecule has 0 N–H and O–H groups in total. The van der Waals surface area contributed by atoms with Crippen LogP contribution in [0.25, 0.3) is 6.08 Å². The number of alkyl halides is 1. The zero-order valence-corrected chi connectivity index (χ0v) is 7.54. The number of aromatic nitrogens is 2. The third-order valence-corrected chi connectivity index (χ3v) is 2.19. The summed E-state index contributed by atoms with van der Waals surface area (Å²) in [4.78, 5) is 4.10. The number of imidazole rings is 1. The summed E-state index contributed by atoms with van der Waals surface area (Å²) in [6, 6.07) is 0.697. The lowest BCUT2D eigenvalue weighted by Gasteiger charge is -2.00. The standard InChI is InChI=1S/C9H11ClN2/c10-5-1-2-9-6-11-7-12(9)8-3-4-8/h1-2,6-8H,3-5H2. The Bertz CT molecular complexity index is 286. The lowest BCUT2D eigenvalue weighted by atomic mass is 10.4. The molecule has 0 radical (unpaired) electrons. The number of hydrogen-bond acceptors (Lipinski definition) is 1. The number of hydrogen-bond donors (Lipinski definition) is 0. The van der Waals surface area contributed by atoms with Gasteiger partial charge in [0.25, 0.3) is 0 Å². The number of allylic oxidation sites excluding steroid dienone is 1. The Kier molecular flexibility index (Phi) is 2.17. The third kappa shape index (κ3) is 1.53. The topological polar surface area (TPSA) is 17.8 Å². The van der Waals surface area contributed by atoms with Gasteiger partial charge in [0.1, 0.15) is 0 Å². The lowest BCUT2D eigenvalue weighted by molar-refractivity contribution is 0.734. The number of halogens is 1. The van der Waals surface area contributed by atoms with Crippen molar-refractivity contribution in [3.05, 3.63) is 24.3 Å². The van der Waals surface area contributed by atoms with E-state index in [4.69, 9.17) is 11.6 Å². The molecule has 1 fully saturated rings. The highest BCUT2D eigenvalue weighted by molar-refractivity contribution is 6.19. The minimum Gasteiger partial charge on any atom is -0.328 e. The van der Waals surface area contributed by atoms with Gasteiger partial charge < -0.3 is 4.57 Å². The van der Waals surface area contributed by atoms with E-state index in [2.05, 4.69) is 9.55 Å². The second-order valence-electron chi connectivity index (χ2n) is 3.01. The van der Waals surface area contributed by atoms with Crippen molar-refractivity contribution >= 4 is 17.7 Å². The minimum absolute atomic E-state index is 0.565. The molecule has 3 heteroatoms. The van der Waals surface area contributed by atoms with Gasteiger partial charge in [-0.25, -0.2) is 4.98 Å². The van der Waals surface area contributed by atoms with Crippen molar-refractivity contribution in [2.45, 2.75) is 18.9 Å². The zero-order chi connectivity index (χ0) is 8.39. The quantitative estimate of drug-likeness (QED) is 0.657. The van der Waals surface area contributed by atoms with Gasteiger partial charge in [-0.05, 0) is 18.9 Å². The zero-order valence-electron chi connectivity index (χ0n) is 6.78. The van der Waals surface area contributed by atoms with Crippen molar-refractivity contribution in [3.8, 4) is 0 Å². The van der Waals surface area contributed by atoms with Gasteiger partial charge in [-0.15, -0.1) is 11.6 Å². The fourth-order valence-electron chi connectivity index (χ4n) is 1.27. The molecule has 12 heavy (non-hydrogen) atoms. The lowest BCUT2D eigenvalue weighted by Crippen LogP contribution is -1.93. The summed E-state index contributed by atoms with van der Waals surface area (Å²) in [5.41, 5.74) is 1.16. The van der Waals surface area contributed by atoms with Gasteiger partial charge in [0.05, 0.1) is 18.2 Å². The molecule has 2 nitrogen and oxygen atoms in total. The highest BCUT2D eigenvalue weighted by atomic mass is 35.5. The van der Waals surface area contributed by atoms with Crippen LogP contribution in [0.1, 0.15) is 24.6 Å². The Morgan fingerprint density at radius 2 is 2.50 bits per heavy atom. The SMILES string of the molecule is ClCC=Cc1cncn1C1CC1. The second-order valence-corrected chi connectivity index (χ2v) is 3.32. The molecule has 64 valence electrons. The summed E-state index contributed by atoms with van der Waals surface area (Å²) >= 11 is 5.55. The van der Waals surface area contributed by atoms with Gasteiger partial charge in [-0.3, -0.25) is 0 Å². The van der Waals surface area contributed by atoms with E-state index in [0.29, 0.717) is 11.9 Å². The Labute approximate surface area is 76.9 Å². The summed E-state index contributed by atoms with van der Waals surface area (Å²) in [6.45, 7) is 0. The molecule has 0 aromatic carbocycles. The predicted octanol–water partition coefficient (Wildman–Crippen LogP) is 2.47. The van der Waals surface area contributed by atoms with Crippen molar-refractivity contribution in [1.82, 2.24) is 9.55 Å². The van der Waals surface area contributed by atoms with Gasteiger partial charge in [0.15, 0.2) is 0 Å². The van der Waals surface area contributed by atoms with Crippen LogP contribution in [0.2, 0.25) is 0 Å². The van der Waals surface area contributed by atoms with Crippen LogP contribution in [0.3, 0.4) is 0 Å². The van der Waals surface area contributed by atoms with Crippen LogP contribution < -0.4 is 0 Å². The molecule has 1 aromatic heterocycles. The van der Waals surface area contributed by atoms with Crippen LogP contribution in [0.4, 0.5) is 0 Å². The van der Waals surface area contributed by atoms with Crippen LogP contribution >= 0.6 is 11.6 Å². The van der Waals surface area contributed by atoms with Crippen molar-refractivity contribution in [2.24, 2.45) is 0 Å². The molecule has 0 atom stereocenters. The molecular formula is C9H11ClN2. The van der Waals surface area contributed by atoms with Gasteiger partial charge in [0, 0.05) is 11.9 Å². The Morgan fingerprint density at radius 1 is 1.67 bits per heavy atom.